The van der Waals surface area contributed by atoms with Crippen molar-refractivity contribution in [3.63, 3.8) is 0 Å². The number of nitrogens with one attached hydrogen (secondary N) is 1. The van der Waals surface area contributed by atoms with E-state index < -0.39 is 36.1 Å². The van der Waals surface area contributed by atoms with Gasteiger partial charge in [0.25, 0.3) is 0 Å². The van der Waals surface area contributed by atoms with Crippen molar-refractivity contribution in [2.24, 2.45) is 5.92 Å². The molecule has 0 aliphatic carbocycles. The predicted octanol–water partition coefficient (Wildman–Crippen LogP) is 3.52. The number of ether oxygens (including phenoxy) is 2. The van der Waals surface area contributed by atoms with Crippen LogP contribution in [0, 0.1) is 19.8 Å². The molecule has 4 rings (SSSR count). The first-order valence-electron chi connectivity index (χ1n) is 14.4. The fourth-order valence-corrected chi connectivity index (χ4v) is 4.73. The lowest BCUT2D eigenvalue weighted by Gasteiger charge is -2.37. The normalized spacial score (nSPS) is 17.3. The van der Waals surface area contributed by atoms with E-state index in [1.54, 1.807) is 38.1 Å². The third kappa shape index (κ3) is 11.1. The molecule has 11 nitrogen and oxygen atoms in total. The van der Waals surface area contributed by atoms with Crippen molar-refractivity contribution < 1.29 is 44.3 Å². The monoisotopic (exact) mass is 622 g/mol. The van der Waals surface area contributed by atoms with E-state index in [-0.39, 0.29) is 16.6 Å². The van der Waals surface area contributed by atoms with Gasteiger partial charge >= 0.3 is 23.9 Å². The third-order valence-corrected chi connectivity index (χ3v) is 7.47. The molecule has 1 aliphatic rings. The van der Waals surface area contributed by atoms with Crippen LogP contribution < -0.4 is 5.32 Å². The molecule has 4 atom stereocenters. The van der Waals surface area contributed by atoms with Crippen LogP contribution in [0.15, 0.2) is 78.9 Å². The van der Waals surface area contributed by atoms with Crippen molar-refractivity contribution in [2.75, 3.05) is 20.1 Å². The van der Waals surface area contributed by atoms with Crippen LogP contribution in [0.3, 0.4) is 0 Å². The summed E-state index contributed by atoms with van der Waals surface area (Å²) in [6, 6.07) is 23.5. The zero-order chi connectivity index (χ0) is 32.2. The Kier molecular flexibility index (Phi) is 14.4. The van der Waals surface area contributed by atoms with Gasteiger partial charge in [-0.05, 0) is 69.6 Å². The smallest absolute Gasteiger partial charge is 0.349 e. The molecule has 0 aromatic heterocycles. The molecule has 3 aromatic carbocycles. The van der Waals surface area contributed by atoms with Gasteiger partial charge in [0.05, 0.1) is 11.1 Å². The molecule has 0 bridgehead atoms. The number of rotatable bonds is 10. The summed E-state index contributed by atoms with van der Waals surface area (Å²) in [6.07, 6.45) is -3.14. The lowest BCUT2D eigenvalue weighted by Crippen LogP contribution is -2.48. The summed E-state index contributed by atoms with van der Waals surface area (Å²) in [6.45, 7) is 9.42. The minimum Gasteiger partial charge on any atom is -0.478 e. The molecule has 0 radical (unpaired) electrons. The number of carbonyl (C=O) groups excluding carboxylic acids is 2. The highest BCUT2D eigenvalue weighted by molar-refractivity contribution is 5.95. The van der Waals surface area contributed by atoms with Crippen LogP contribution in [0.5, 0.6) is 0 Å². The number of aryl methyl sites for hydroxylation is 2. The maximum absolute atomic E-state index is 12.2. The van der Waals surface area contributed by atoms with E-state index in [1.807, 2.05) is 0 Å². The first-order chi connectivity index (χ1) is 21.0. The van der Waals surface area contributed by atoms with Gasteiger partial charge in [-0.25, -0.2) is 19.2 Å². The van der Waals surface area contributed by atoms with E-state index in [4.69, 9.17) is 9.47 Å². The van der Waals surface area contributed by atoms with Gasteiger partial charge in [0.2, 0.25) is 12.2 Å². The molecule has 242 valence electrons. The van der Waals surface area contributed by atoms with E-state index >= 15 is 0 Å². The number of piperidine rings is 1. The standard InChI is InChI=1S/C20H18O8.C14H22N2.H2O/c1-11-3-7-13(8-4-11)19(25)27-15(17(21)22)16(18(23)24)28-20(26)14-9-5-12(2)6-10-14;1-12-8-9-16(11-14(12)15-2)10-13-6-4-3-5-7-13;/h3-10,15-16H,1-2H3,(H,21,22)(H,23,24);3-7,12,14-15H,8-11H2,1-2H3;1H2/t15-,16-;12-,14+;/m11./s1. The Balaban J connectivity index is 0.000000351. The van der Waals surface area contributed by atoms with Crippen molar-refractivity contribution in [3.05, 3.63) is 107 Å². The molecule has 0 amide bonds. The van der Waals surface area contributed by atoms with Gasteiger partial charge in [0.1, 0.15) is 0 Å². The first kappa shape index (κ1) is 36.6. The Hall–Kier alpha value is -4.58. The van der Waals surface area contributed by atoms with Crippen LogP contribution in [0.1, 0.15) is 50.8 Å². The Morgan fingerprint density at radius 3 is 1.64 bits per heavy atom. The second kappa shape index (κ2) is 17.6. The number of hydrogen-bond donors (Lipinski definition) is 3. The molecule has 3 aromatic rings. The Bertz CT molecular complexity index is 1320. The molecule has 1 aliphatic heterocycles. The lowest BCUT2D eigenvalue weighted by atomic mass is 9.93. The van der Waals surface area contributed by atoms with E-state index in [2.05, 4.69) is 54.5 Å². The number of aliphatic carboxylic acids is 2. The zero-order valence-corrected chi connectivity index (χ0v) is 25.9. The Morgan fingerprint density at radius 1 is 0.800 bits per heavy atom. The molecule has 0 unspecified atom stereocenters. The quantitative estimate of drug-likeness (QED) is 0.284. The summed E-state index contributed by atoms with van der Waals surface area (Å²) >= 11 is 0. The van der Waals surface area contributed by atoms with E-state index in [1.165, 1.54) is 49.3 Å². The fourth-order valence-electron chi connectivity index (χ4n) is 4.73. The minimum absolute atomic E-state index is 0. The number of esters is 2. The van der Waals surface area contributed by atoms with Crippen LogP contribution in [-0.4, -0.2) is 82.9 Å². The molecule has 1 fully saturated rings. The van der Waals surface area contributed by atoms with Crippen molar-refractivity contribution in [1.29, 1.82) is 0 Å². The highest BCUT2D eigenvalue weighted by atomic mass is 16.6. The number of carboxylic acids is 2. The second-order valence-electron chi connectivity index (χ2n) is 10.9. The summed E-state index contributed by atoms with van der Waals surface area (Å²) in [5.41, 5.74) is 3.21. The number of likely N-dealkylation sites (N-methyl/N-ethyl adjacent to an activating group) is 1. The van der Waals surface area contributed by atoms with Crippen LogP contribution in [-0.2, 0) is 25.6 Å². The molecule has 0 spiro atoms. The molecule has 1 heterocycles. The van der Waals surface area contributed by atoms with Crippen molar-refractivity contribution in [2.45, 2.75) is 52.0 Å². The van der Waals surface area contributed by atoms with E-state index in [0.29, 0.717) is 6.04 Å². The van der Waals surface area contributed by atoms with Crippen LogP contribution in [0.25, 0.3) is 0 Å². The van der Waals surface area contributed by atoms with E-state index in [0.717, 1.165) is 23.6 Å². The van der Waals surface area contributed by atoms with E-state index in [9.17, 15) is 29.4 Å². The summed E-state index contributed by atoms with van der Waals surface area (Å²) in [4.78, 5) is 49.9. The minimum atomic E-state index is -2.22. The van der Waals surface area contributed by atoms with Crippen molar-refractivity contribution >= 4 is 23.9 Å². The summed E-state index contributed by atoms with van der Waals surface area (Å²) in [5, 5.41) is 22.1. The maximum atomic E-state index is 12.2. The summed E-state index contributed by atoms with van der Waals surface area (Å²) < 4.78 is 9.64. The molecule has 45 heavy (non-hydrogen) atoms. The van der Waals surface area contributed by atoms with Gasteiger partial charge in [-0.15, -0.1) is 0 Å². The highest BCUT2D eigenvalue weighted by Gasteiger charge is 2.41. The molecule has 1 saturated heterocycles. The average molecular weight is 623 g/mol. The average Bonchev–Trinajstić information content (AvgIpc) is 3.01. The van der Waals surface area contributed by atoms with Crippen molar-refractivity contribution in [3.8, 4) is 0 Å². The molecule has 11 heteroatoms. The number of likely N-dealkylation sites (tertiary alicyclic amines) is 1. The largest absolute Gasteiger partial charge is 0.478 e. The van der Waals surface area contributed by atoms with Gasteiger partial charge in [-0.2, -0.15) is 0 Å². The number of carbonyl (C=O) groups is 4. The molecular weight excluding hydrogens is 580 g/mol. The summed E-state index contributed by atoms with van der Waals surface area (Å²) in [7, 11) is 2.08. The molecule has 5 N–H and O–H groups in total. The first-order valence-corrected chi connectivity index (χ1v) is 14.4. The molecule has 0 saturated carbocycles. The van der Waals surface area contributed by atoms with Gasteiger partial charge in [-0.1, -0.05) is 72.6 Å². The lowest BCUT2D eigenvalue weighted by molar-refractivity contribution is -0.166. The Morgan fingerprint density at radius 2 is 1.24 bits per heavy atom. The molecular formula is C34H42N2O9. The summed E-state index contributed by atoms with van der Waals surface area (Å²) in [5.74, 6) is -4.82. The van der Waals surface area contributed by atoms with Crippen LogP contribution in [0.2, 0.25) is 0 Å². The van der Waals surface area contributed by atoms with Gasteiger partial charge in [0, 0.05) is 19.1 Å². The van der Waals surface area contributed by atoms with Gasteiger partial charge in [-0.3, -0.25) is 4.90 Å². The van der Waals surface area contributed by atoms with Gasteiger partial charge < -0.3 is 30.5 Å². The maximum Gasteiger partial charge on any atom is 0.349 e. The highest BCUT2D eigenvalue weighted by Crippen LogP contribution is 2.19. The number of nitrogens with zero attached hydrogens (tertiary/aromatic N) is 1. The second-order valence-corrected chi connectivity index (χ2v) is 10.9. The predicted molar refractivity (Wildman–Crippen MR) is 168 cm³/mol. The van der Waals surface area contributed by atoms with Crippen LogP contribution >= 0.6 is 0 Å². The topological polar surface area (TPSA) is 174 Å². The third-order valence-electron chi connectivity index (χ3n) is 7.47. The zero-order valence-electron chi connectivity index (χ0n) is 25.9. The van der Waals surface area contributed by atoms with Crippen LogP contribution in [0.4, 0.5) is 0 Å². The van der Waals surface area contributed by atoms with Gasteiger partial charge in [0.15, 0.2) is 0 Å². The number of carboxylic acid groups (broad SMARTS) is 2. The fraction of sp³-hybridized carbons (Fsp3) is 0.353. The number of hydrogen-bond acceptors (Lipinski definition) is 8. The van der Waals surface area contributed by atoms with Crippen molar-refractivity contribution in [1.82, 2.24) is 10.2 Å². The Labute approximate surface area is 263 Å². The SMILES string of the molecule is CN[C@H]1CN(Cc2ccccc2)CC[C@H]1C.Cc1ccc(C(=O)O[C@@H](C(=O)O)[C@@H](OC(=O)c2ccc(C)cc2)C(=O)O)cc1.O. The number of benzene rings is 3.